The number of aryl methyl sites for hydroxylation is 1. The van der Waals surface area contributed by atoms with Crippen LogP contribution in [0.3, 0.4) is 0 Å². The van der Waals surface area contributed by atoms with Crippen LogP contribution < -0.4 is 0 Å². The third-order valence-electron chi connectivity index (χ3n) is 6.83. The minimum atomic E-state index is 0.651. The summed E-state index contributed by atoms with van der Waals surface area (Å²) in [4.78, 5) is 0. The first-order valence-electron chi connectivity index (χ1n) is 11.8. The molecule has 0 aliphatic rings. The van der Waals surface area contributed by atoms with Gasteiger partial charge in [-0.3, -0.25) is 0 Å². The normalized spacial score (nSPS) is 10.9. The van der Waals surface area contributed by atoms with Crippen LogP contribution >= 0.6 is 0 Å². The van der Waals surface area contributed by atoms with Crippen molar-refractivity contribution in [3.8, 4) is 40.1 Å². The van der Waals surface area contributed by atoms with Gasteiger partial charge >= 0.3 is 0 Å². The Balaban J connectivity index is 1.49. The number of rotatable bonds is 3. The third kappa shape index (κ3) is 3.43. The van der Waals surface area contributed by atoms with Gasteiger partial charge in [-0.05, 0) is 77.7 Å². The molecule has 0 unspecified atom stereocenters. The van der Waals surface area contributed by atoms with Gasteiger partial charge in [-0.15, -0.1) is 0 Å². The van der Waals surface area contributed by atoms with Crippen molar-refractivity contribution in [3.05, 3.63) is 126 Å². The molecule has 6 aromatic rings. The molecule has 1 aromatic heterocycles. The molecule has 0 aliphatic carbocycles. The summed E-state index contributed by atoms with van der Waals surface area (Å²) in [6.07, 6.45) is 0. The van der Waals surface area contributed by atoms with Crippen LogP contribution in [0, 0.1) is 29.6 Å². The first kappa shape index (κ1) is 21.4. The highest BCUT2D eigenvalue weighted by Crippen LogP contribution is 2.35. The molecule has 0 fully saturated rings. The van der Waals surface area contributed by atoms with Crippen LogP contribution in [0.1, 0.15) is 16.7 Å². The van der Waals surface area contributed by atoms with E-state index in [4.69, 9.17) is 0 Å². The van der Waals surface area contributed by atoms with Crippen molar-refractivity contribution in [2.75, 3.05) is 0 Å². The fourth-order valence-electron chi connectivity index (χ4n) is 5.06. The molecule has 6 rings (SSSR count). The van der Waals surface area contributed by atoms with Crippen molar-refractivity contribution in [1.82, 2.24) is 4.57 Å². The minimum absolute atomic E-state index is 0.651. The molecule has 1 heterocycles. The fourth-order valence-corrected chi connectivity index (χ4v) is 5.06. The Labute approximate surface area is 209 Å². The van der Waals surface area contributed by atoms with E-state index in [1.807, 2.05) is 54.6 Å². The topological polar surface area (TPSA) is 52.5 Å². The summed E-state index contributed by atoms with van der Waals surface area (Å²) in [6, 6.07) is 41.4. The maximum absolute atomic E-state index is 9.80. The second-order valence-corrected chi connectivity index (χ2v) is 8.93. The number of nitriles is 2. The molecular formula is C33H21N3. The van der Waals surface area contributed by atoms with Crippen molar-refractivity contribution in [3.63, 3.8) is 0 Å². The van der Waals surface area contributed by atoms with E-state index >= 15 is 0 Å². The van der Waals surface area contributed by atoms with Crippen LogP contribution in [-0.4, -0.2) is 4.57 Å². The van der Waals surface area contributed by atoms with Gasteiger partial charge in [0, 0.05) is 22.0 Å². The Morgan fingerprint density at radius 1 is 0.583 bits per heavy atom. The van der Waals surface area contributed by atoms with Crippen LogP contribution in [0.4, 0.5) is 0 Å². The number of benzene rings is 5. The standard InChI is InChI=1S/C33H21N3/c1-22-6-2-3-7-28(22)25-11-12-26(21-35)30(19-25)24-13-15-27(16-14-24)36-32-9-5-4-8-29(32)31-18-23(20-34)10-17-33(31)36/h2-19H,1H3. The average molecular weight is 460 g/mol. The second kappa shape index (κ2) is 8.58. The van der Waals surface area contributed by atoms with E-state index in [9.17, 15) is 10.5 Å². The zero-order chi connectivity index (χ0) is 24.6. The van der Waals surface area contributed by atoms with E-state index in [-0.39, 0.29) is 0 Å². The maximum Gasteiger partial charge on any atom is 0.0998 e. The number of fused-ring (bicyclic) bond motifs is 3. The highest BCUT2D eigenvalue weighted by atomic mass is 15.0. The molecule has 0 radical (unpaired) electrons. The molecule has 0 aliphatic heterocycles. The van der Waals surface area contributed by atoms with Gasteiger partial charge in [0.25, 0.3) is 0 Å². The van der Waals surface area contributed by atoms with Gasteiger partial charge in [0.05, 0.1) is 34.3 Å². The molecule has 36 heavy (non-hydrogen) atoms. The quantitative estimate of drug-likeness (QED) is 0.268. The average Bonchev–Trinajstić information content (AvgIpc) is 3.26. The van der Waals surface area contributed by atoms with Gasteiger partial charge in [-0.25, -0.2) is 0 Å². The van der Waals surface area contributed by atoms with E-state index in [1.165, 1.54) is 11.1 Å². The van der Waals surface area contributed by atoms with Gasteiger partial charge in [0.1, 0.15) is 0 Å². The first-order chi connectivity index (χ1) is 17.7. The smallest absolute Gasteiger partial charge is 0.0998 e. The molecule has 0 saturated heterocycles. The fraction of sp³-hybridized carbons (Fsp3) is 0.0303. The Morgan fingerprint density at radius 3 is 2.08 bits per heavy atom. The monoisotopic (exact) mass is 459 g/mol. The minimum Gasteiger partial charge on any atom is -0.309 e. The molecule has 0 atom stereocenters. The third-order valence-corrected chi connectivity index (χ3v) is 6.83. The lowest BCUT2D eigenvalue weighted by Crippen LogP contribution is -1.94. The second-order valence-electron chi connectivity index (χ2n) is 8.93. The summed E-state index contributed by atoms with van der Waals surface area (Å²) < 4.78 is 2.23. The van der Waals surface area contributed by atoms with Crippen molar-refractivity contribution in [2.45, 2.75) is 6.92 Å². The zero-order valence-electron chi connectivity index (χ0n) is 19.7. The molecule has 3 heteroatoms. The molecule has 0 saturated carbocycles. The largest absolute Gasteiger partial charge is 0.309 e. The lowest BCUT2D eigenvalue weighted by molar-refractivity contribution is 1.18. The van der Waals surface area contributed by atoms with Gasteiger partial charge in [0.15, 0.2) is 0 Å². The SMILES string of the molecule is Cc1ccccc1-c1ccc(C#N)c(-c2ccc(-n3c4ccccc4c4cc(C#N)ccc43)cc2)c1. The van der Waals surface area contributed by atoms with Crippen molar-refractivity contribution in [2.24, 2.45) is 0 Å². The van der Waals surface area contributed by atoms with E-state index < -0.39 is 0 Å². The predicted molar refractivity (Wildman–Crippen MR) is 146 cm³/mol. The molecular weight excluding hydrogens is 438 g/mol. The zero-order valence-corrected chi connectivity index (χ0v) is 19.7. The van der Waals surface area contributed by atoms with Crippen LogP contribution in [0.15, 0.2) is 109 Å². The van der Waals surface area contributed by atoms with Crippen LogP contribution in [0.25, 0.3) is 49.7 Å². The Bertz CT molecular complexity index is 1860. The van der Waals surface area contributed by atoms with Gasteiger partial charge in [-0.1, -0.05) is 60.7 Å². The lowest BCUT2D eigenvalue weighted by Gasteiger charge is -2.12. The summed E-state index contributed by atoms with van der Waals surface area (Å²) >= 11 is 0. The molecule has 3 nitrogen and oxygen atoms in total. The van der Waals surface area contributed by atoms with Gasteiger partial charge in [-0.2, -0.15) is 10.5 Å². The summed E-state index contributed by atoms with van der Waals surface area (Å²) in [6.45, 7) is 2.10. The van der Waals surface area contributed by atoms with E-state index in [0.29, 0.717) is 11.1 Å². The maximum atomic E-state index is 9.80. The van der Waals surface area contributed by atoms with Crippen LogP contribution in [0.5, 0.6) is 0 Å². The Morgan fingerprint density at radius 2 is 1.31 bits per heavy atom. The molecule has 0 bridgehead atoms. The summed E-state index contributed by atoms with van der Waals surface area (Å²) in [7, 11) is 0. The van der Waals surface area contributed by atoms with E-state index in [0.717, 1.165) is 44.2 Å². The number of nitrogens with zero attached hydrogens (tertiary/aromatic N) is 3. The highest BCUT2D eigenvalue weighted by molar-refractivity contribution is 6.09. The first-order valence-corrected chi connectivity index (χ1v) is 11.8. The van der Waals surface area contributed by atoms with Crippen LogP contribution in [-0.2, 0) is 0 Å². The summed E-state index contributed by atoms with van der Waals surface area (Å²) in [5.74, 6) is 0. The summed E-state index contributed by atoms with van der Waals surface area (Å²) in [5.41, 5.74) is 9.88. The Hall–Kier alpha value is -5.12. The lowest BCUT2D eigenvalue weighted by atomic mass is 9.93. The number of hydrogen-bond acceptors (Lipinski definition) is 2. The molecule has 168 valence electrons. The van der Waals surface area contributed by atoms with Gasteiger partial charge < -0.3 is 4.57 Å². The molecule has 0 spiro atoms. The molecule has 0 N–H and O–H groups in total. The number of aromatic nitrogens is 1. The molecule has 5 aromatic carbocycles. The van der Waals surface area contributed by atoms with Crippen LogP contribution in [0.2, 0.25) is 0 Å². The highest BCUT2D eigenvalue weighted by Gasteiger charge is 2.14. The van der Waals surface area contributed by atoms with E-state index in [1.54, 1.807) is 0 Å². The van der Waals surface area contributed by atoms with Crippen molar-refractivity contribution < 1.29 is 0 Å². The number of hydrogen-bond donors (Lipinski definition) is 0. The predicted octanol–water partition coefficient (Wildman–Crippen LogP) is 8.17. The van der Waals surface area contributed by atoms with Crippen molar-refractivity contribution in [1.29, 1.82) is 10.5 Å². The van der Waals surface area contributed by atoms with Crippen molar-refractivity contribution >= 4 is 21.8 Å². The molecule has 0 amide bonds. The van der Waals surface area contributed by atoms with Gasteiger partial charge in [0.2, 0.25) is 0 Å². The Kier molecular flexibility index (Phi) is 5.11. The number of para-hydroxylation sites is 1. The summed E-state index contributed by atoms with van der Waals surface area (Å²) in [5, 5.41) is 21.4. The van der Waals surface area contributed by atoms with E-state index in [2.05, 4.69) is 78.2 Å².